The first kappa shape index (κ1) is 30.1. The van der Waals surface area contributed by atoms with E-state index in [0.29, 0.717) is 0 Å². The second kappa shape index (κ2) is 23.2. The molecule has 1 aliphatic carbocycles. The van der Waals surface area contributed by atoms with Gasteiger partial charge in [-0.3, -0.25) is 0 Å². The van der Waals surface area contributed by atoms with Crippen LogP contribution >= 0.6 is 0 Å². The smallest absolute Gasteiger partial charge is 0.0319 e. The van der Waals surface area contributed by atoms with E-state index in [4.69, 9.17) is 5.11 Å². The van der Waals surface area contributed by atoms with Crippen molar-refractivity contribution >= 4 is 0 Å². The Hall–Kier alpha value is -1.08. The number of unbranched alkanes of at least 4 members (excludes halogenated alkanes) is 1. The fraction of sp³-hybridized carbons (Fsp3) is 0.714. The van der Waals surface area contributed by atoms with Crippen LogP contribution in [0.5, 0.6) is 0 Å². The third-order valence-corrected chi connectivity index (χ3v) is 5.60. The van der Waals surface area contributed by atoms with Crippen molar-refractivity contribution in [2.24, 2.45) is 11.8 Å². The van der Waals surface area contributed by atoms with Gasteiger partial charge in [0.2, 0.25) is 0 Å². The van der Waals surface area contributed by atoms with Gasteiger partial charge >= 0.3 is 0 Å². The van der Waals surface area contributed by atoms with Crippen LogP contribution in [-0.4, -0.2) is 12.2 Å². The van der Waals surface area contributed by atoms with Crippen molar-refractivity contribution in [2.75, 3.05) is 7.11 Å². The molecule has 2 unspecified atom stereocenters. The number of hydrogen-bond acceptors (Lipinski definition) is 1. The van der Waals surface area contributed by atoms with Crippen molar-refractivity contribution in [3.63, 3.8) is 0 Å². The van der Waals surface area contributed by atoms with E-state index in [1.807, 2.05) is 19.9 Å². The Kier molecular flexibility index (Phi) is 24.1. The summed E-state index contributed by atoms with van der Waals surface area (Å²) in [5.41, 5.74) is 3.09. The molecule has 0 aliphatic heterocycles. The fourth-order valence-corrected chi connectivity index (χ4v) is 4.03. The second-order valence-electron chi connectivity index (χ2n) is 7.85. The first-order valence-corrected chi connectivity index (χ1v) is 12.4. The Morgan fingerprint density at radius 1 is 1.00 bits per heavy atom. The van der Waals surface area contributed by atoms with Crippen molar-refractivity contribution in [2.45, 2.75) is 112 Å². The lowest BCUT2D eigenvalue weighted by molar-refractivity contribution is 0.264. The van der Waals surface area contributed by atoms with Crippen molar-refractivity contribution in [3.05, 3.63) is 47.5 Å². The number of aryl methyl sites for hydroxylation is 1. The molecule has 0 spiro atoms. The molecule has 170 valence electrons. The maximum absolute atomic E-state index is 7.00. The summed E-state index contributed by atoms with van der Waals surface area (Å²) in [4.78, 5) is 0. The molecule has 1 aliphatic rings. The number of benzene rings is 1. The molecule has 2 rings (SSSR count). The Bertz CT molecular complexity index is 449. The van der Waals surface area contributed by atoms with Crippen LogP contribution in [0, 0.1) is 11.8 Å². The molecule has 0 heterocycles. The predicted molar refractivity (Wildman–Crippen MR) is 134 cm³/mol. The van der Waals surface area contributed by atoms with Gasteiger partial charge in [-0.25, -0.2) is 0 Å². The molecule has 1 aromatic carbocycles. The van der Waals surface area contributed by atoms with E-state index >= 15 is 0 Å². The zero-order chi connectivity index (χ0) is 22.3. The van der Waals surface area contributed by atoms with Gasteiger partial charge in [0, 0.05) is 7.11 Å². The molecule has 0 bridgehead atoms. The predicted octanol–water partition coefficient (Wildman–Crippen LogP) is 9.00. The van der Waals surface area contributed by atoms with Crippen molar-refractivity contribution in [1.82, 2.24) is 0 Å². The molecule has 29 heavy (non-hydrogen) atoms. The van der Waals surface area contributed by atoms with Crippen LogP contribution in [0.3, 0.4) is 0 Å². The Labute approximate surface area is 184 Å². The van der Waals surface area contributed by atoms with Gasteiger partial charge < -0.3 is 5.11 Å². The van der Waals surface area contributed by atoms with Crippen LogP contribution in [0.15, 0.2) is 42.0 Å². The van der Waals surface area contributed by atoms with Crippen LogP contribution in [0.4, 0.5) is 0 Å². The van der Waals surface area contributed by atoms with E-state index in [1.165, 1.54) is 69.8 Å². The molecule has 0 amide bonds. The van der Waals surface area contributed by atoms with Crippen molar-refractivity contribution < 1.29 is 5.11 Å². The highest BCUT2D eigenvalue weighted by atomic mass is 16.2. The van der Waals surface area contributed by atoms with Crippen LogP contribution in [0.1, 0.15) is 111 Å². The average molecular weight is 405 g/mol. The van der Waals surface area contributed by atoms with E-state index < -0.39 is 0 Å². The summed E-state index contributed by atoms with van der Waals surface area (Å²) in [6, 6.07) is 10.5. The van der Waals surface area contributed by atoms with Gasteiger partial charge in [-0.15, -0.1) is 0 Å². The maximum atomic E-state index is 7.00. The highest BCUT2D eigenvalue weighted by molar-refractivity contribution is 5.13. The van der Waals surface area contributed by atoms with Crippen molar-refractivity contribution in [3.8, 4) is 0 Å². The zero-order valence-electron chi connectivity index (χ0n) is 20.8. The van der Waals surface area contributed by atoms with E-state index in [9.17, 15) is 0 Å². The molecule has 1 heteroatoms. The second-order valence-corrected chi connectivity index (χ2v) is 7.85. The zero-order valence-corrected chi connectivity index (χ0v) is 20.8. The van der Waals surface area contributed by atoms with Crippen LogP contribution in [0.25, 0.3) is 0 Å². The summed E-state index contributed by atoms with van der Waals surface area (Å²) in [6.45, 7) is 13.1. The maximum Gasteiger partial charge on any atom is 0.0319 e. The summed E-state index contributed by atoms with van der Waals surface area (Å²) in [5, 5.41) is 7.00. The van der Waals surface area contributed by atoms with Crippen LogP contribution in [-0.2, 0) is 6.42 Å². The van der Waals surface area contributed by atoms with E-state index in [0.717, 1.165) is 25.4 Å². The van der Waals surface area contributed by atoms with Gasteiger partial charge in [-0.2, -0.15) is 0 Å². The van der Waals surface area contributed by atoms with E-state index in [1.54, 1.807) is 5.57 Å². The summed E-state index contributed by atoms with van der Waals surface area (Å²) in [5.74, 6) is 2.05. The minimum absolute atomic E-state index is 1.000. The average Bonchev–Trinajstić information content (AvgIpc) is 2.79. The van der Waals surface area contributed by atoms with Crippen molar-refractivity contribution in [1.29, 1.82) is 0 Å². The minimum Gasteiger partial charge on any atom is -0.400 e. The molecule has 1 saturated carbocycles. The molecular formula is C28H52O. The Morgan fingerprint density at radius 2 is 1.66 bits per heavy atom. The fourth-order valence-electron chi connectivity index (χ4n) is 4.03. The first-order valence-electron chi connectivity index (χ1n) is 12.4. The largest absolute Gasteiger partial charge is 0.400 e. The lowest BCUT2D eigenvalue weighted by Gasteiger charge is -2.26. The molecule has 1 nitrogen and oxygen atoms in total. The summed E-state index contributed by atoms with van der Waals surface area (Å²) in [7, 11) is 1.00. The standard InChI is InChI=1S/C17H32.C8H10.C2H6.CH4O/c1-4-9-16(5-2)11-6-7-12-17-13-8-10-15(3)14-17;1-2-8-6-4-3-5-7-8;2*1-2/h9,15,17H,4-8,10-14H2,1-3H3;3-7H,2H2,1H3;1-2H3;2H,1H3/b16-9-;;;. The lowest BCUT2D eigenvalue weighted by Crippen LogP contribution is -2.12. The van der Waals surface area contributed by atoms with E-state index in [-0.39, 0.29) is 0 Å². The van der Waals surface area contributed by atoms with Gasteiger partial charge in [0.1, 0.15) is 0 Å². The SMILES string of the molecule is CC.CC/C=C(/CC)CCCCC1CCCC(C)C1.CCc1ccccc1.CO. The highest BCUT2D eigenvalue weighted by Crippen LogP contribution is 2.32. The van der Waals surface area contributed by atoms with Gasteiger partial charge in [-0.05, 0) is 55.9 Å². The molecule has 0 aromatic heterocycles. The monoisotopic (exact) mass is 404 g/mol. The summed E-state index contributed by atoms with van der Waals surface area (Å²) >= 11 is 0. The molecule has 0 radical (unpaired) electrons. The molecule has 2 atom stereocenters. The molecule has 0 saturated heterocycles. The quantitative estimate of drug-likeness (QED) is 0.338. The molecule has 1 N–H and O–H groups in total. The number of aliphatic hydroxyl groups excluding tert-OH is 1. The summed E-state index contributed by atoms with van der Waals surface area (Å²) in [6.07, 6.45) is 17.8. The topological polar surface area (TPSA) is 20.2 Å². The molecular weight excluding hydrogens is 352 g/mol. The highest BCUT2D eigenvalue weighted by Gasteiger charge is 2.17. The van der Waals surface area contributed by atoms with Gasteiger partial charge in [-0.1, -0.05) is 116 Å². The van der Waals surface area contributed by atoms with Gasteiger partial charge in [0.25, 0.3) is 0 Å². The summed E-state index contributed by atoms with van der Waals surface area (Å²) < 4.78 is 0. The number of hydrogen-bond donors (Lipinski definition) is 1. The van der Waals surface area contributed by atoms with Crippen LogP contribution in [0.2, 0.25) is 0 Å². The molecule has 1 fully saturated rings. The number of aliphatic hydroxyl groups is 1. The normalized spacial score (nSPS) is 18.3. The first-order chi connectivity index (χ1) is 14.2. The Balaban J connectivity index is 0. The number of rotatable bonds is 8. The Morgan fingerprint density at radius 3 is 2.14 bits per heavy atom. The third kappa shape index (κ3) is 17.5. The minimum atomic E-state index is 1.000. The third-order valence-electron chi connectivity index (χ3n) is 5.60. The van der Waals surface area contributed by atoms with Crippen LogP contribution < -0.4 is 0 Å². The number of allylic oxidation sites excluding steroid dienone is 2. The molecule has 1 aromatic rings. The lowest BCUT2D eigenvalue weighted by atomic mass is 9.80. The van der Waals surface area contributed by atoms with Gasteiger partial charge in [0.05, 0.1) is 0 Å². The van der Waals surface area contributed by atoms with E-state index in [2.05, 4.69) is 58.0 Å². The van der Waals surface area contributed by atoms with Gasteiger partial charge in [0.15, 0.2) is 0 Å².